The first kappa shape index (κ1) is 45.0. The van der Waals surface area contributed by atoms with Gasteiger partial charge in [0.1, 0.15) is 0 Å². The van der Waals surface area contributed by atoms with Crippen molar-refractivity contribution < 1.29 is 22.9 Å². The molecule has 0 spiro atoms. The van der Waals surface area contributed by atoms with Gasteiger partial charge in [-0.15, -0.1) is 0 Å². The van der Waals surface area contributed by atoms with Crippen LogP contribution in [-0.4, -0.2) is 41.9 Å². The highest BCUT2D eigenvalue weighted by Gasteiger charge is 2.24. The van der Waals surface area contributed by atoms with E-state index in [9.17, 15) is 22.9 Å². The quantitative estimate of drug-likeness (QED) is 0.0364. The molecule has 1 amide bonds. The summed E-state index contributed by atoms with van der Waals surface area (Å²) < 4.78 is 32.4. The minimum atomic E-state index is -4.35. The summed E-state index contributed by atoms with van der Waals surface area (Å²) in [6.07, 6.45) is 46.2. The Labute approximate surface area is 290 Å². The van der Waals surface area contributed by atoms with Gasteiger partial charge in [-0.3, -0.25) is 9.35 Å². The van der Waals surface area contributed by atoms with E-state index in [1.54, 1.807) is 6.08 Å². The summed E-state index contributed by atoms with van der Waals surface area (Å²) in [6, 6.07) is -1.07. The molecule has 3 N–H and O–H groups in total. The van der Waals surface area contributed by atoms with E-state index in [1.165, 1.54) is 57.8 Å². The number of aliphatic hydroxyl groups is 1. The molecule has 0 aromatic rings. The minimum Gasteiger partial charge on any atom is -0.387 e. The molecule has 272 valence electrons. The van der Waals surface area contributed by atoms with Crippen LogP contribution in [0, 0.1) is 0 Å². The van der Waals surface area contributed by atoms with Gasteiger partial charge in [0.15, 0.2) is 0 Å². The maximum Gasteiger partial charge on any atom is 0.267 e. The normalized spacial score (nSPS) is 14.0. The van der Waals surface area contributed by atoms with E-state index in [0.717, 1.165) is 83.5 Å². The van der Waals surface area contributed by atoms with Gasteiger partial charge in [0.05, 0.1) is 17.9 Å². The molecule has 0 aliphatic heterocycles. The lowest BCUT2D eigenvalue weighted by Crippen LogP contribution is -2.46. The average molecular weight is 678 g/mol. The first-order valence-corrected chi connectivity index (χ1v) is 20.6. The van der Waals surface area contributed by atoms with Gasteiger partial charge in [0, 0.05) is 6.42 Å². The Morgan fingerprint density at radius 2 is 1.02 bits per heavy atom. The molecule has 0 saturated heterocycles. The van der Waals surface area contributed by atoms with E-state index >= 15 is 0 Å². The molecule has 0 bridgehead atoms. The van der Waals surface area contributed by atoms with Crippen molar-refractivity contribution in [2.75, 3.05) is 5.75 Å². The number of amides is 1. The number of aliphatic hydroxyl groups excluding tert-OH is 1. The van der Waals surface area contributed by atoms with Gasteiger partial charge in [0.2, 0.25) is 5.91 Å². The zero-order chi connectivity index (χ0) is 34.7. The van der Waals surface area contributed by atoms with Crippen molar-refractivity contribution in [3.8, 4) is 0 Å². The van der Waals surface area contributed by atoms with Crippen LogP contribution in [0.2, 0.25) is 0 Å². The van der Waals surface area contributed by atoms with Crippen LogP contribution >= 0.6 is 0 Å². The van der Waals surface area contributed by atoms with Crippen LogP contribution in [0.15, 0.2) is 60.8 Å². The Morgan fingerprint density at radius 3 is 1.51 bits per heavy atom. The molecule has 0 aromatic carbocycles. The molecular formula is C40H71NO5S. The van der Waals surface area contributed by atoms with Crippen LogP contribution in [0.1, 0.15) is 168 Å². The number of nitrogens with one attached hydrogen (secondary N) is 1. The third kappa shape index (κ3) is 35.2. The maximum absolute atomic E-state index is 12.5. The summed E-state index contributed by atoms with van der Waals surface area (Å²) in [7, 11) is -4.35. The summed E-state index contributed by atoms with van der Waals surface area (Å²) in [6.45, 7) is 4.39. The second-order valence-corrected chi connectivity index (χ2v) is 14.3. The Hall–Kier alpha value is -1.96. The molecule has 2 unspecified atom stereocenters. The number of allylic oxidation sites excluding steroid dienone is 9. The molecule has 0 radical (unpaired) electrons. The number of carbonyl (C=O) groups is 1. The summed E-state index contributed by atoms with van der Waals surface area (Å²) in [5.41, 5.74) is 0. The highest BCUT2D eigenvalue weighted by molar-refractivity contribution is 7.85. The Kier molecular flexibility index (Phi) is 32.5. The molecule has 0 saturated carbocycles. The molecule has 47 heavy (non-hydrogen) atoms. The Morgan fingerprint density at radius 1 is 0.596 bits per heavy atom. The van der Waals surface area contributed by atoms with E-state index in [1.807, 2.05) is 6.08 Å². The molecule has 2 atom stereocenters. The largest absolute Gasteiger partial charge is 0.387 e. The summed E-state index contributed by atoms with van der Waals surface area (Å²) in [4.78, 5) is 12.5. The fourth-order valence-electron chi connectivity index (χ4n) is 5.38. The van der Waals surface area contributed by atoms with Crippen LogP contribution in [-0.2, 0) is 14.9 Å². The van der Waals surface area contributed by atoms with E-state index in [0.29, 0.717) is 6.42 Å². The second-order valence-electron chi connectivity index (χ2n) is 12.8. The van der Waals surface area contributed by atoms with E-state index < -0.39 is 28.0 Å². The number of rotatable bonds is 33. The van der Waals surface area contributed by atoms with Crippen molar-refractivity contribution in [3.63, 3.8) is 0 Å². The molecule has 0 aliphatic carbocycles. The van der Waals surface area contributed by atoms with Gasteiger partial charge in [-0.25, -0.2) is 0 Å². The summed E-state index contributed by atoms with van der Waals surface area (Å²) >= 11 is 0. The van der Waals surface area contributed by atoms with Gasteiger partial charge >= 0.3 is 0 Å². The smallest absolute Gasteiger partial charge is 0.267 e. The van der Waals surface area contributed by atoms with Gasteiger partial charge < -0.3 is 10.4 Å². The van der Waals surface area contributed by atoms with E-state index in [-0.39, 0.29) is 12.3 Å². The highest BCUT2D eigenvalue weighted by Crippen LogP contribution is 2.13. The monoisotopic (exact) mass is 678 g/mol. The van der Waals surface area contributed by atoms with Crippen LogP contribution in [0.25, 0.3) is 0 Å². The molecule has 0 rings (SSSR count). The number of unbranched alkanes of at least 4 members (excludes halogenated alkanes) is 17. The number of hydrogen-bond acceptors (Lipinski definition) is 4. The van der Waals surface area contributed by atoms with Crippen molar-refractivity contribution in [2.24, 2.45) is 0 Å². The molecule has 0 fully saturated rings. The fourth-order valence-corrected chi connectivity index (χ4v) is 6.11. The van der Waals surface area contributed by atoms with Crippen molar-refractivity contribution >= 4 is 16.0 Å². The first-order valence-electron chi connectivity index (χ1n) is 19.0. The van der Waals surface area contributed by atoms with Crippen LogP contribution in [0.4, 0.5) is 0 Å². The first-order chi connectivity index (χ1) is 22.8. The molecule has 0 heterocycles. The van der Waals surface area contributed by atoms with Crippen molar-refractivity contribution in [2.45, 2.75) is 180 Å². The maximum atomic E-state index is 12.5. The second kappa shape index (κ2) is 33.9. The predicted molar refractivity (Wildman–Crippen MR) is 202 cm³/mol. The lowest BCUT2D eigenvalue weighted by Gasteiger charge is -2.21. The number of hydrogen-bond donors (Lipinski definition) is 3. The lowest BCUT2D eigenvalue weighted by atomic mass is 10.0. The topological polar surface area (TPSA) is 104 Å². The third-order valence-corrected chi connectivity index (χ3v) is 8.98. The van der Waals surface area contributed by atoms with Crippen LogP contribution in [0.3, 0.4) is 0 Å². The average Bonchev–Trinajstić information content (AvgIpc) is 3.03. The van der Waals surface area contributed by atoms with Crippen molar-refractivity contribution in [1.82, 2.24) is 5.32 Å². The zero-order valence-electron chi connectivity index (χ0n) is 30.1. The van der Waals surface area contributed by atoms with Crippen molar-refractivity contribution in [3.05, 3.63) is 60.8 Å². The number of carbonyl (C=O) groups excluding carboxylic acids is 1. The highest BCUT2D eigenvalue weighted by atomic mass is 32.2. The van der Waals surface area contributed by atoms with Gasteiger partial charge in [-0.1, -0.05) is 164 Å². The van der Waals surface area contributed by atoms with Gasteiger partial charge in [0.25, 0.3) is 10.1 Å². The summed E-state index contributed by atoms with van der Waals surface area (Å²) in [5.74, 6) is -1.00. The molecule has 6 nitrogen and oxygen atoms in total. The van der Waals surface area contributed by atoms with E-state index in [2.05, 4.69) is 67.8 Å². The van der Waals surface area contributed by atoms with Gasteiger partial charge in [-0.05, 0) is 57.8 Å². The lowest BCUT2D eigenvalue weighted by molar-refractivity contribution is -0.122. The SMILES string of the molecule is CC/C=C\C/C=C\C/C=C\C/C=C\CCCCCCCCC(=O)NC(CS(=O)(=O)O)C(O)/C=C/CCCCCCCCCCCCC. The zero-order valence-corrected chi connectivity index (χ0v) is 30.9. The predicted octanol–water partition coefficient (Wildman–Crippen LogP) is 10.9. The van der Waals surface area contributed by atoms with Crippen LogP contribution < -0.4 is 5.32 Å². The van der Waals surface area contributed by atoms with Crippen molar-refractivity contribution in [1.29, 1.82) is 0 Å². The molecule has 0 aromatic heterocycles. The van der Waals surface area contributed by atoms with E-state index in [4.69, 9.17) is 0 Å². The third-order valence-electron chi connectivity index (χ3n) is 8.20. The minimum absolute atomic E-state index is 0.277. The molecule has 7 heteroatoms. The molecular weight excluding hydrogens is 607 g/mol. The molecule has 0 aliphatic rings. The van der Waals surface area contributed by atoms with Gasteiger partial charge in [-0.2, -0.15) is 8.42 Å². The standard InChI is InChI=1S/C40H71NO5S/c1-3-5-7-9-11-13-15-17-18-19-20-21-22-24-26-28-30-32-34-36-40(43)41-38(37-47(44,45)46)39(42)35-33-31-29-27-25-23-16-14-12-10-8-6-4-2/h5,7,11,13,17-18,20-21,33,35,38-39,42H,3-4,6,8-10,12,14-16,19,22-32,34,36-37H2,1-2H3,(H,41,43)(H,44,45,46)/b7-5-,13-11-,18-17-,21-20-,35-33+. The fraction of sp³-hybridized carbons (Fsp3) is 0.725. The summed E-state index contributed by atoms with van der Waals surface area (Å²) in [5, 5.41) is 13.2. The van der Waals surface area contributed by atoms with Crippen LogP contribution in [0.5, 0.6) is 0 Å². The Bertz CT molecular complexity index is 967. The Balaban J connectivity index is 4.00.